The Kier molecular flexibility index (Phi) is 6.43. The van der Waals surface area contributed by atoms with E-state index in [-0.39, 0.29) is 29.3 Å². The van der Waals surface area contributed by atoms with Crippen molar-refractivity contribution in [2.45, 2.75) is 55.9 Å². The number of anilines is 1. The van der Waals surface area contributed by atoms with E-state index in [1.54, 1.807) is 23.1 Å². The molecule has 5 aromatic rings. The Labute approximate surface area is 269 Å². The maximum atomic E-state index is 17.2. The Morgan fingerprint density at radius 2 is 1.91 bits per heavy atom. The Bertz CT molecular complexity index is 2130. The number of nitrogens with zero attached hydrogens (tertiary/aromatic N) is 7. The van der Waals surface area contributed by atoms with Crippen LogP contribution in [0.5, 0.6) is 6.01 Å². The monoisotopic (exact) mass is 638 g/mol. The van der Waals surface area contributed by atoms with Crippen molar-refractivity contribution in [3.8, 4) is 29.5 Å². The van der Waals surface area contributed by atoms with Gasteiger partial charge in [-0.1, -0.05) is 5.92 Å². The molecule has 0 spiro atoms. The lowest BCUT2D eigenvalue weighted by atomic mass is 9.93. The number of aryl methyl sites for hydroxylation is 1. The number of pyridine rings is 1. The predicted octanol–water partition coefficient (Wildman–Crippen LogP) is 4.89. The molecule has 1 N–H and O–H groups in total. The maximum Gasteiger partial charge on any atom is 0.317 e. The molecule has 7 heterocycles. The third-order valence-corrected chi connectivity index (χ3v) is 10.8. The van der Waals surface area contributed by atoms with Gasteiger partial charge in [0.25, 0.3) is 0 Å². The Morgan fingerprint density at radius 1 is 1.09 bits per heavy atom. The lowest BCUT2D eigenvalue weighted by Crippen LogP contribution is -2.51. The topological polar surface area (TPSA) is 84.2 Å². The first kappa shape index (κ1) is 28.7. The van der Waals surface area contributed by atoms with Crippen LogP contribution in [0.1, 0.15) is 37.7 Å². The molecule has 4 aliphatic heterocycles. The normalized spacial score (nSPS) is 25.7. The molecule has 3 aromatic heterocycles. The zero-order chi connectivity index (χ0) is 32.0. The number of ether oxygens (including phenoxy) is 1. The number of halogens is 3. The van der Waals surface area contributed by atoms with Crippen molar-refractivity contribution >= 4 is 38.4 Å². The van der Waals surface area contributed by atoms with Crippen LogP contribution in [-0.2, 0) is 7.05 Å². The lowest BCUT2D eigenvalue weighted by molar-refractivity contribution is 0.107. The van der Waals surface area contributed by atoms with Crippen LogP contribution < -0.4 is 15.0 Å². The maximum absolute atomic E-state index is 17.2. The summed E-state index contributed by atoms with van der Waals surface area (Å²) in [6.45, 7) is 2.99. The number of alkyl halides is 1. The highest BCUT2D eigenvalue weighted by Crippen LogP contribution is 2.45. The number of benzene rings is 2. The number of nitrogens with one attached hydrogen (secondary N) is 1. The van der Waals surface area contributed by atoms with Gasteiger partial charge in [0, 0.05) is 85.5 Å². The lowest BCUT2D eigenvalue weighted by Gasteiger charge is -2.34. The molecule has 0 aliphatic carbocycles. The molecule has 9 nitrogen and oxygen atoms in total. The molecule has 2 bridgehead atoms. The summed E-state index contributed by atoms with van der Waals surface area (Å²) in [5.74, 6) is 2.07. The van der Waals surface area contributed by atoms with Crippen molar-refractivity contribution in [3.05, 3.63) is 47.9 Å². The molecule has 4 atom stereocenters. The van der Waals surface area contributed by atoms with E-state index < -0.39 is 23.3 Å². The standard InChI is InChI=1S/C35H33F3N8O/c1-3-23-26(37)8-5-19-12-39-13-24(27(19)23)28-30(38)31-25(14-40-34(42-31)47-18-35-9-4-10-46(35)15-20(36)11-35)29-32(28)43-44(2)33(29)45-16-21-6-7-22(17-45)41-21/h1,5,8,12-14,20-22,41H,4,6-7,9-11,15-18H2,2H3/t20-,21-,22+,35+/m1/s1. The minimum absolute atomic E-state index is 0.0160. The van der Waals surface area contributed by atoms with Crippen molar-refractivity contribution in [2.24, 2.45) is 7.05 Å². The van der Waals surface area contributed by atoms with Gasteiger partial charge in [-0.25, -0.2) is 18.2 Å². The highest BCUT2D eigenvalue weighted by atomic mass is 19.1. The molecule has 0 radical (unpaired) electrons. The van der Waals surface area contributed by atoms with Crippen molar-refractivity contribution in [1.29, 1.82) is 0 Å². The molecule has 4 saturated heterocycles. The summed E-state index contributed by atoms with van der Waals surface area (Å²) in [5, 5.41) is 10.7. The second-order valence-corrected chi connectivity index (χ2v) is 13.5. The van der Waals surface area contributed by atoms with E-state index in [2.05, 4.69) is 36.0 Å². The molecular weight excluding hydrogens is 605 g/mol. The zero-order valence-corrected chi connectivity index (χ0v) is 25.9. The molecule has 9 rings (SSSR count). The summed E-state index contributed by atoms with van der Waals surface area (Å²) < 4.78 is 54.7. The number of terminal acetylenes is 1. The molecule has 12 heteroatoms. The largest absolute Gasteiger partial charge is 0.461 e. The summed E-state index contributed by atoms with van der Waals surface area (Å²) in [7, 11) is 1.85. The van der Waals surface area contributed by atoms with Gasteiger partial charge in [0.15, 0.2) is 5.82 Å². The molecule has 47 heavy (non-hydrogen) atoms. The quantitative estimate of drug-likeness (QED) is 0.273. The fourth-order valence-electron chi connectivity index (χ4n) is 8.75. The highest BCUT2D eigenvalue weighted by molar-refractivity contribution is 6.18. The number of hydrogen-bond donors (Lipinski definition) is 1. The molecule has 240 valence electrons. The first-order valence-corrected chi connectivity index (χ1v) is 16.2. The van der Waals surface area contributed by atoms with E-state index in [4.69, 9.17) is 16.3 Å². The number of fused-ring (bicyclic) bond motifs is 7. The van der Waals surface area contributed by atoms with Crippen molar-refractivity contribution < 1.29 is 17.9 Å². The van der Waals surface area contributed by atoms with Crippen LogP contribution in [0.2, 0.25) is 0 Å². The number of aromatic nitrogens is 5. The minimum atomic E-state index is -0.902. The van der Waals surface area contributed by atoms with E-state index in [1.807, 2.05) is 7.05 Å². The van der Waals surface area contributed by atoms with Gasteiger partial charge in [0.05, 0.1) is 22.1 Å². The third-order valence-electron chi connectivity index (χ3n) is 10.8. The van der Waals surface area contributed by atoms with Crippen LogP contribution in [0.4, 0.5) is 19.0 Å². The number of hydrogen-bond acceptors (Lipinski definition) is 8. The molecule has 0 saturated carbocycles. The SMILES string of the molecule is C#Cc1c(F)ccc2cncc(-c3c(F)c4nc(OC[C@@]56CCCN5C[C@H](F)C6)ncc4c4c(N5C[C@H]6CC[C@@H](C5)N6)n(C)nc34)c12. The van der Waals surface area contributed by atoms with Gasteiger partial charge in [-0.2, -0.15) is 10.1 Å². The Balaban J connectivity index is 1.27. The van der Waals surface area contributed by atoms with Crippen molar-refractivity contribution in [3.63, 3.8) is 0 Å². The third kappa shape index (κ3) is 4.32. The van der Waals surface area contributed by atoms with Gasteiger partial charge in [-0.3, -0.25) is 14.6 Å². The fourth-order valence-corrected chi connectivity index (χ4v) is 8.75. The predicted molar refractivity (Wildman–Crippen MR) is 173 cm³/mol. The van der Waals surface area contributed by atoms with Crippen LogP contribution in [0.3, 0.4) is 0 Å². The summed E-state index contributed by atoms with van der Waals surface area (Å²) in [6.07, 6.45) is 14.0. The van der Waals surface area contributed by atoms with Gasteiger partial charge in [0.1, 0.15) is 35.4 Å². The van der Waals surface area contributed by atoms with Crippen molar-refractivity contribution in [1.82, 2.24) is 34.9 Å². The van der Waals surface area contributed by atoms with Gasteiger partial charge in [-0.05, 0) is 44.4 Å². The van der Waals surface area contributed by atoms with Crippen LogP contribution in [0.25, 0.3) is 43.7 Å². The molecular formula is C35H33F3N8O. The molecule has 2 aromatic carbocycles. The van der Waals surface area contributed by atoms with Gasteiger partial charge < -0.3 is 15.0 Å². The smallest absolute Gasteiger partial charge is 0.317 e. The molecule has 4 aliphatic rings. The summed E-state index contributed by atoms with van der Waals surface area (Å²) in [5.41, 5.74) is 0.513. The van der Waals surface area contributed by atoms with Crippen LogP contribution in [-0.4, -0.2) is 86.2 Å². The summed E-state index contributed by atoms with van der Waals surface area (Å²) in [4.78, 5) is 18.1. The summed E-state index contributed by atoms with van der Waals surface area (Å²) >= 11 is 0. The summed E-state index contributed by atoms with van der Waals surface area (Å²) in [6, 6.07) is 3.59. The van der Waals surface area contributed by atoms with E-state index in [0.717, 1.165) is 51.1 Å². The highest BCUT2D eigenvalue weighted by Gasteiger charge is 2.49. The second-order valence-electron chi connectivity index (χ2n) is 13.5. The molecule has 0 unspecified atom stereocenters. The average Bonchev–Trinajstić information content (AvgIpc) is 3.80. The first-order valence-electron chi connectivity index (χ1n) is 16.2. The fraction of sp³-hybridized carbons (Fsp3) is 0.429. The van der Waals surface area contributed by atoms with E-state index in [1.165, 1.54) is 12.3 Å². The van der Waals surface area contributed by atoms with Crippen molar-refractivity contribution in [2.75, 3.05) is 37.7 Å². The first-order chi connectivity index (χ1) is 22.8. The minimum Gasteiger partial charge on any atom is -0.461 e. The van der Waals surface area contributed by atoms with E-state index in [9.17, 15) is 4.39 Å². The van der Waals surface area contributed by atoms with Gasteiger partial charge in [0.2, 0.25) is 0 Å². The van der Waals surface area contributed by atoms with Crippen LogP contribution >= 0.6 is 0 Å². The number of piperazine rings is 1. The molecule has 4 fully saturated rings. The van der Waals surface area contributed by atoms with Crippen LogP contribution in [0.15, 0.2) is 30.7 Å². The van der Waals surface area contributed by atoms with E-state index >= 15 is 8.78 Å². The average molecular weight is 639 g/mol. The second kappa shape index (κ2) is 10.5. The van der Waals surface area contributed by atoms with Gasteiger partial charge >= 0.3 is 6.01 Å². The Morgan fingerprint density at radius 3 is 2.72 bits per heavy atom. The Hall–Kier alpha value is -4.47. The zero-order valence-electron chi connectivity index (χ0n) is 25.9. The molecule has 0 amide bonds. The van der Waals surface area contributed by atoms with E-state index in [0.29, 0.717) is 57.7 Å². The van der Waals surface area contributed by atoms with Gasteiger partial charge in [-0.15, -0.1) is 6.42 Å². The number of rotatable bonds is 5. The van der Waals surface area contributed by atoms with Crippen LogP contribution in [0, 0.1) is 24.0 Å².